The highest BCUT2D eigenvalue weighted by Crippen LogP contribution is 2.46. The molecule has 3 rings (SSSR count). The third kappa shape index (κ3) is 2.07. The largest absolute Gasteiger partial charge is 0.361 e. The van der Waals surface area contributed by atoms with E-state index in [1.165, 1.54) is 25.6 Å². The third-order valence-electron chi connectivity index (χ3n) is 4.20. The lowest BCUT2D eigenvalue weighted by molar-refractivity contribution is -0.383. The second-order valence-corrected chi connectivity index (χ2v) is 5.25. The van der Waals surface area contributed by atoms with Crippen LogP contribution in [0, 0.1) is 22.0 Å². The Hall–Kier alpha value is -1.96. The van der Waals surface area contributed by atoms with Gasteiger partial charge >= 0.3 is 5.69 Å². The molecule has 0 aliphatic heterocycles. The van der Waals surface area contributed by atoms with Gasteiger partial charge in [-0.2, -0.15) is 0 Å². The van der Waals surface area contributed by atoms with Crippen LogP contribution in [0.5, 0.6) is 0 Å². The molecule has 0 amide bonds. The van der Waals surface area contributed by atoms with Crippen molar-refractivity contribution in [3.8, 4) is 0 Å². The molecule has 8 nitrogen and oxygen atoms in total. The Morgan fingerprint density at radius 1 is 1.32 bits per heavy atom. The normalized spacial score (nSPS) is 28.4. The van der Waals surface area contributed by atoms with Crippen LogP contribution in [-0.4, -0.2) is 20.9 Å². The van der Waals surface area contributed by atoms with Crippen LogP contribution >= 0.6 is 0 Å². The van der Waals surface area contributed by atoms with Crippen LogP contribution in [0.4, 0.5) is 17.3 Å². The monoisotopic (exact) mass is 264 g/mol. The van der Waals surface area contributed by atoms with Crippen molar-refractivity contribution in [2.45, 2.75) is 31.7 Å². The summed E-state index contributed by atoms with van der Waals surface area (Å²) >= 11 is 0. The topological polar surface area (TPSA) is 119 Å². The van der Waals surface area contributed by atoms with Crippen molar-refractivity contribution in [2.24, 2.45) is 17.7 Å². The molecular weight excluding hydrogens is 248 g/mol. The summed E-state index contributed by atoms with van der Waals surface area (Å²) in [6.45, 7) is 0. The maximum absolute atomic E-state index is 11.1. The molecule has 3 unspecified atom stereocenters. The SMILES string of the molecule is NNc1ncnc(NC2CC3CCC2C3)c1[N+](=O)[O-]. The van der Waals surface area contributed by atoms with Crippen LogP contribution in [0.15, 0.2) is 6.33 Å². The number of nitrogens with zero attached hydrogens (tertiary/aromatic N) is 3. The zero-order chi connectivity index (χ0) is 13.4. The van der Waals surface area contributed by atoms with Gasteiger partial charge in [0.2, 0.25) is 11.6 Å². The fourth-order valence-corrected chi connectivity index (χ4v) is 3.36. The van der Waals surface area contributed by atoms with Crippen LogP contribution < -0.4 is 16.6 Å². The zero-order valence-corrected chi connectivity index (χ0v) is 10.4. The summed E-state index contributed by atoms with van der Waals surface area (Å²) < 4.78 is 0. The Kier molecular flexibility index (Phi) is 2.94. The van der Waals surface area contributed by atoms with Crippen LogP contribution in [0.3, 0.4) is 0 Å². The first kappa shape index (κ1) is 12.1. The van der Waals surface area contributed by atoms with Gasteiger partial charge in [-0.25, -0.2) is 15.8 Å². The van der Waals surface area contributed by atoms with E-state index in [1.807, 2.05) is 0 Å². The van der Waals surface area contributed by atoms with Gasteiger partial charge in [0.1, 0.15) is 6.33 Å². The molecule has 0 aromatic carbocycles. The molecule has 102 valence electrons. The number of nitrogen functional groups attached to an aromatic ring is 1. The maximum atomic E-state index is 11.1. The van der Waals surface area contributed by atoms with Crippen molar-refractivity contribution in [1.29, 1.82) is 0 Å². The standard InChI is InChI=1S/C11H16N6O2/c12-16-11-9(17(18)19)10(13-5-14-11)15-8-4-6-1-2-7(8)3-6/h5-8H,1-4,12H2,(H2,13,14,15,16). The molecule has 0 saturated heterocycles. The third-order valence-corrected chi connectivity index (χ3v) is 4.20. The van der Waals surface area contributed by atoms with Gasteiger partial charge in [0.25, 0.3) is 0 Å². The second kappa shape index (κ2) is 4.61. The van der Waals surface area contributed by atoms with Gasteiger partial charge in [-0.3, -0.25) is 10.1 Å². The number of aromatic nitrogens is 2. The molecular formula is C11H16N6O2. The summed E-state index contributed by atoms with van der Waals surface area (Å²) in [4.78, 5) is 18.4. The Morgan fingerprint density at radius 2 is 2.11 bits per heavy atom. The molecule has 2 aliphatic rings. The van der Waals surface area contributed by atoms with Gasteiger partial charge in [-0.1, -0.05) is 6.42 Å². The first-order valence-electron chi connectivity index (χ1n) is 6.41. The Morgan fingerprint density at radius 3 is 2.68 bits per heavy atom. The molecule has 19 heavy (non-hydrogen) atoms. The number of anilines is 2. The minimum Gasteiger partial charge on any atom is -0.361 e. The van der Waals surface area contributed by atoms with Crippen molar-refractivity contribution in [2.75, 3.05) is 10.7 Å². The minimum absolute atomic E-state index is 0.0330. The lowest BCUT2D eigenvalue weighted by atomic mass is 9.95. The lowest BCUT2D eigenvalue weighted by Gasteiger charge is -2.23. The smallest absolute Gasteiger partial charge is 0.354 e. The van der Waals surface area contributed by atoms with E-state index in [0.29, 0.717) is 5.92 Å². The number of nitrogens with two attached hydrogens (primary N) is 1. The molecule has 8 heteroatoms. The number of fused-ring (bicyclic) bond motifs is 2. The van der Waals surface area contributed by atoms with Crippen LogP contribution in [0.1, 0.15) is 25.7 Å². The second-order valence-electron chi connectivity index (χ2n) is 5.25. The van der Waals surface area contributed by atoms with E-state index in [2.05, 4.69) is 20.7 Å². The van der Waals surface area contributed by atoms with Gasteiger partial charge in [0.05, 0.1) is 4.92 Å². The molecule has 2 saturated carbocycles. The van der Waals surface area contributed by atoms with Crippen molar-refractivity contribution >= 4 is 17.3 Å². The van der Waals surface area contributed by atoms with Gasteiger partial charge in [-0.05, 0) is 31.1 Å². The molecule has 1 aromatic rings. The quantitative estimate of drug-likeness (QED) is 0.425. The highest BCUT2D eigenvalue weighted by molar-refractivity contribution is 5.69. The molecule has 1 heterocycles. The predicted octanol–water partition coefficient (Wildman–Crippen LogP) is 1.27. The first-order valence-corrected chi connectivity index (χ1v) is 6.41. The van der Waals surface area contributed by atoms with Gasteiger partial charge in [-0.15, -0.1) is 0 Å². The predicted molar refractivity (Wildman–Crippen MR) is 69.4 cm³/mol. The summed E-state index contributed by atoms with van der Waals surface area (Å²) in [6.07, 6.45) is 6.04. The number of rotatable bonds is 4. The van der Waals surface area contributed by atoms with Crippen LogP contribution in [0.25, 0.3) is 0 Å². The molecule has 4 N–H and O–H groups in total. The fourth-order valence-electron chi connectivity index (χ4n) is 3.36. The van der Waals surface area contributed by atoms with Crippen LogP contribution in [-0.2, 0) is 0 Å². The molecule has 0 spiro atoms. The number of hydrogen-bond donors (Lipinski definition) is 3. The van der Waals surface area contributed by atoms with E-state index in [4.69, 9.17) is 5.84 Å². The molecule has 2 aliphatic carbocycles. The number of hydrogen-bond acceptors (Lipinski definition) is 7. The minimum atomic E-state index is -0.509. The zero-order valence-electron chi connectivity index (χ0n) is 10.4. The molecule has 0 radical (unpaired) electrons. The van der Waals surface area contributed by atoms with Crippen molar-refractivity contribution in [1.82, 2.24) is 9.97 Å². The molecule has 3 atom stereocenters. The van der Waals surface area contributed by atoms with Crippen LogP contribution in [0.2, 0.25) is 0 Å². The van der Waals surface area contributed by atoms with E-state index in [1.54, 1.807) is 0 Å². The Labute approximate surface area is 109 Å². The van der Waals surface area contributed by atoms with E-state index < -0.39 is 4.92 Å². The number of hydrazine groups is 1. The lowest BCUT2D eigenvalue weighted by Crippen LogP contribution is -2.27. The summed E-state index contributed by atoms with van der Waals surface area (Å²) in [5, 5.41) is 14.3. The van der Waals surface area contributed by atoms with Gasteiger partial charge in [0.15, 0.2) is 0 Å². The molecule has 2 bridgehead atoms. The Balaban J connectivity index is 1.86. The summed E-state index contributed by atoms with van der Waals surface area (Å²) in [5.74, 6) is 6.91. The average Bonchev–Trinajstić information content (AvgIpc) is 3.00. The van der Waals surface area contributed by atoms with E-state index in [9.17, 15) is 10.1 Å². The van der Waals surface area contributed by atoms with Crippen molar-refractivity contribution in [3.05, 3.63) is 16.4 Å². The number of nitro groups is 1. The highest BCUT2D eigenvalue weighted by Gasteiger charge is 2.40. The van der Waals surface area contributed by atoms with E-state index >= 15 is 0 Å². The van der Waals surface area contributed by atoms with E-state index in [-0.39, 0.29) is 23.4 Å². The maximum Gasteiger partial charge on any atom is 0.354 e. The summed E-state index contributed by atoms with van der Waals surface area (Å²) in [5.41, 5.74) is 2.06. The summed E-state index contributed by atoms with van der Waals surface area (Å²) in [6, 6.07) is 0.276. The molecule has 1 aromatic heterocycles. The van der Waals surface area contributed by atoms with Crippen molar-refractivity contribution in [3.63, 3.8) is 0 Å². The Bertz CT molecular complexity index is 508. The van der Waals surface area contributed by atoms with E-state index in [0.717, 1.165) is 12.3 Å². The van der Waals surface area contributed by atoms with Crippen molar-refractivity contribution < 1.29 is 4.92 Å². The fraction of sp³-hybridized carbons (Fsp3) is 0.636. The first-order chi connectivity index (χ1) is 9.19. The average molecular weight is 264 g/mol. The van der Waals surface area contributed by atoms with Gasteiger partial charge < -0.3 is 10.7 Å². The highest BCUT2D eigenvalue weighted by atomic mass is 16.6. The molecule has 2 fully saturated rings. The number of nitrogens with one attached hydrogen (secondary N) is 2. The van der Waals surface area contributed by atoms with Gasteiger partial charge in [0, 0.05) is 6.04 Å². The summed E-state index contributed by atoms with van der Waals surface area (Å²) in [7, 11) is 0.